The summed E-state index contributed by atoms with van der Waals surface area (Å²) in [6, 6.07) is -0.446. The molecule has 0 aromatic rings. The van der Waals surface area contributed by atoms with Crippen LogP contribution in [-0.4, -0.2) is 25.0 Å². The number of amides is 3. The summed E-state index contributed by atoms with van der Waals surface area (Å²) in [4.78, 5) is 23.3. The summed E-state index contributed by atoms with van der Waals surface area (Å²) in [5, 5.41) is 8.15. The van der Waals surface area contributed by atoms with E-state index in [-0.39, 0.29) is 11.8 Å². The third kappa shape index (κ3) is 4.87. The Hall–Kier alpha value is -1.36. The normalized spacial score (nSPS) is 17.7. The molecular weight excluding hydrogens is 230 g/mol. The summed E-state index contributed by atoms with van der Waals surface area (Å²) >= 11 is 0. The third-order valence-electron chi connectivity index (χ3n) is 3.29. The fourth-order valence-corrected chi connectivity index (χ4v) is 1.68. The summed E-state index contributed by atoms with van der Waals surface area (Å²) in [7, 11) is 0. The Labute approximate surface area is 108 Å². The van der Waals surface area contributed by atoms with Gasteiger partial charge in [-0.15, -0.1) is 0 Å². The molecule has 1 aliphatic rings. The SMILES string of the molecule is C/C(=C\NC(=O)NC(=O)C1CCNCC1)C(C)C. The second kappa shape index (κ2) is 7.16. The molecule has 1 rings (SSSR count). The highest BCUT2D eigenvalue weighted by Crippen LogP contribution is 2.11. The van der Waals surface area contributed by atoms with Crippen LogP contribution in [0.3, 0.4) is 0 Å². The topological polar surface area (TPSA) is 70.2 Å². The van der Waals surface area contributed by atoms with Crippen molar-refractivity contribution in [2.45, 2.75) is 33.6 Å². The van der Waals surface area contributed by atoms with Gasteiger partial charge in [-0.3, -0.25) is 10.1 Å². The number of rotatable bonds is 3. The molecule has 3 N–H and O–H groups in total. The van der Waals surface area contributed by atoms with Crippen LogP contribution in [0.5, 0.6) is 0 Å². The van der Waals surface area contributed by atoms with E-state index in [0.29, 0.717) is 5.92 Å². The molecule has 0 radical (unpaired) electrons. The Kier molecular flexibility index (Phi) is 5.85. The van der Waals surface area contributed by atoms with Gasteiger partial charge in [0.25, 0.3) is 0 Å². The molecule has 3 amide bonds. The van der Waals surface area contributed by atoms with Gasteiger partial charge in [-0.25, -0.2) is 4.79 Å². The van der Waals surface area contributed by atoms with Crippen molar-refractivity contribution in [2.24, 2.45) is 11.8 Å². The molecule has 5 nitrogen and oxygen atoms in total. The Morgan fingerprint density at radius 2 is 1.89 bits per heavy atom. The number of piperidine rings is 1. The second-order valence-corrected chi connectivity index (χ2v) is 5.03. The van der Waals surface area contributed by atoms with E-state index in [4.69, 9.17) is 0 Å². The zero-order valence-electron chi connectivity index (χ0n) is 11.4. The maximum absolute atomic E-state index is 11.8. The number of urea groups is 1. The Morgan fingerprint density at radius 3 is 2.44 bits per heavy atom. The second-order valence-electron chi connectivity index (χ2n) is 5.03. The lowest BCUT2D eigenvalue weighted by Crippen LogP contribution is -2.43. The first-order valence-electron chi connectivity index (χ1n) is 6.49. The van der Waals surface area contributed by atoms with Gasteiger partial charge in [-0.05, 0) is 38.8 Å². The molecule has 0 unspecified atom stereocenters. The lowest BCUT2D eigenvalue weighted by Gasteiger charge is -2.21. The van der Waals surface area contributed by atoms with Crippen molar-refractivity contribution >= 4 is 11.9 Å². The van der Waals surface area contributed by atoms with Crippen LogP contribution in [0.4, 0.5) is 4.79 Å². The van der Waals surface area contributed by atoms with Crippen molar-refractivity contribution in [1.29, 1.82) is 0 Å². The molecule has 1 fully saturated rings. The van der Waals surface area contributed by atoms with Crippen molar-refractivity contribution in [3.8, 4) is 0 Å². The third-order valence-corrected chi connectivity index (χ3v) is 3.29. The first kappa shape index (κ1) is 14.7. The van der Waals surface area contributed by atoms with Gasteiger partial charge in [0.05, 0.1) is 0 Å². The van der Waals surface area contributed by atoms with Crippen LogP contribution in [0.25, 0.3) is 0 Å². The number of hydrogen-bond acceptors (Lipinski definition) is 3. The number of carbonyl (C=O) groups is 2. The van der Waals surface area contributed by atoms with E-state index in [9.17, 15) is 9.59 Å². The number of nitrogens with one attached hydrogen (secondary N) is 3. The van der Waals surface area contributed by atoms with Crippen LogP contribution >= 0.6 is 0 Å². The molecule has 102 valence electrons. The highest BCUT2D eigenvalue weighted by molar-refractivity contribution is 5.95. The van der Waals surface area contributed by atoms with E-state index in [1.54, 1.807) is 6.20 Å². The predicted octanol–water partition coefficient (Wildman–Crippen LogP) is 1.37. The van der Waals surface area contributed by atoms with Gasteiger partial charge in [0, 0.05) is 12.1 Å². The molecule has 0 bridgehead atoms. The quantitative estimate of drug-likeness (QED) is 0.711. The smallest absolute Gasteiger partial charge is 0.317 e. The summed E-state index contributed by atoms with van der Waals surface area (Å²) < 4.78 is 0. The zero-order valence-corrected chi connectivity index (χ0v) is 11.4. The van der Waals surface area contributed by atoms with Crippen LogP contribution in [-0.2, 0) is 4.79 Å². The van der Waals surface area contributed by atoms with Gasteiger partial charge >= 0.3 is 6.03 Å². The molecule has 0 aromatic heterocycles. The van der Waals surface area contributed by atoms with Gasteiger partial charge in [-0.2, -0.15) is 0 Å². The number of hydrogen-bond donors (Lipinski definition) is 3. The van der Waals surface area contributed by atoms with Crippen molar-refractivity contribution in [3.05, 3.63) is 11.8 Å². The summed E-state index contributed by atoms with van der Waals surface area (Å²) in [6.07, 6.45) is 3.23. The molecule has 0 aliphatic carbocycles. The van der Waals surface area contributed by atoms with E-state index in [1.165, 1.54) is 0 Å². The van der Waals surface area contributed by atoms with Crippen LogP contribution in [0, 0.1) is 11.8 Å². The summed E-state index contributed by atoms with van der Waals surface area (Å²) in [6.45, 7) is 7.72. The lowest BCUT2D eigenvalue weighted by atomic mass is 9.97. The minimum Gasteiger partial charge on any atom is -0.317 e. The van der Waals surface area contributed by atoms with Crippen LogP contribution < -0.4 is 16.0 Å². The largest absolute Gasteiger partial charge is 0.325 e. The lowest BCUT2D eigenvalue weighted by molar-refractivity contribution is -0.124. The Morgan fingerprint density at radius 1 is 1.28 bits per heavy atom. The molecule has 0 saturated carbocycles. The maximum Gasteiger partial charge on any atom is 0.325 e. The minimum atomic E-state index is -0.446. The van der Waals surface area contributed by atoms with Crippen LogP contribution in [0.2, 0.25) is 0 Å². The molecular formula is C13H23N3O2. The number of allylic oxidation sites excluding steroid dienone is 1. The average Bonchev–Trinajstić information content (AvgIpc) is 2.36. The monoisotopic (exact) mass is 253 g/mol. The standard InChI is InChI=1S/C13H23N3O2/c1-9(2)10(3)8-15-13(18)16-12(17)11-4-6-14-7-5-11/h8-9,11,14H,4-7H2,1-3H3,(H2,15,16,17,18)/b10-8+. The van der Waals surface area contributed by atoms with Crippen molar-refractivity contribution in [3.63, 3.8) is 0 Å². The van der Waals surface area contributed by atoms with Crippen molar-refractivity contribution in [2.75, 3.05) is 13.1 Å². The molecule has 0 spiro atoms. The molecule has 1 heterocycles. The number of carbonyl (C=O) groups excluding carboxylic acids is 2. The Balaban J connectivity index is 2.35. The van der Waals surface area contributed by atoms with Gasteiger partial charge < -0.3 is 10.6 Å². The van der Waals surface area contributed by atoms with Gasteiger partial charge in [0.2, 0.25) is 5.91 Å². The van der Waals surface area contributed by atoms with Crippen molar-refractivity contribution in [1.82, 2.24) is 16.0 Å². The van der Waals surface area contributed by atoms with Gasteiger partial charge in [0.1, 0.15) is 0 Å². The molecule has 1 saturated heterocycles. The van der Waals surface area contributed by atoms with E-state index >= 15 is 0 Å². The fraction of sp³-hybridized carbons (Fsp3) is 0.692. The maximum atomic E-state index is 11.8. The van der Waals surface area contributed by atoms with Crippen LogP contribution in [0.15, 0.2) is 11.8 Å². The first-order valence-corrected chi connectivity index (χ1v) is 6.49. The van der Waals surface area contributed by atoms with E-state index in [2.05, 4.69) is 16.0 Å². The number of imide groups is 1. The van der Waals surface area contributed by atoms with E-state index < -0.39 is 6.03 Å². The molecule has 0 atom stereocenters. The van der Waals surface area contributed by atoms with Crippen LogP contribution in [0.1, 0.15) is 33.6 Å². The fourth-order valence-electron chi connectivity index (χ4n) is 1.68. The zero-order chi connectivity index (χ0) is 13.5. The Bertz CT molecular complexity index is 331. The first-order chi connectivity index (χ1) is 8.50. The summed E-state index contributed by atoms with van der Waals surface area (Å²) in [5.41, 5.74) is 1.07. The molecule has 0 aromatic carbocycles. The average molecular weight is 253 g/mol. The van der Waals surface area contributed by atoms with E-state index in [0.717, 1.165) is 31.5 Å². The highest BCUT2D eigenvalue weighted by Gasteiger charge is 2.22. The van der Waals surface area contributed by atoms with Gasteiger partial charge in [-0.1, -0.05) is 19.4 Å². The van der Waals surface area contributed by atoms with E-state index in [1.807, 2.05) is 20.8 Å². The van der Waals surface area contributed by atoms with Gasteiger partial charge in [0.15, 0.2) is 0 Å². The molecule has 18 heavy (non-hydrogen) atoms. The molecule has 5 heteroatoms. The predicted molar refractivity (Wildman–Crippen MR) is 70.9 cm³/mol. The molecule has 1 aliphatic heterocycles. The highest BCUT2D eigenvalue weighted by atomic mass is 16.2. The minimum absolute atomic E-state index is 0.0489. The summed E-state index contributed by atoms with van der Waals surface area (Å²) in [5.74, 6) is 0.155. The van der Waals surface area contributed by atoms with Crippen molar-refractivity contribution < 1.29 is 9.59 Å².